The van der Waals surface area contributed by atoms with Crippen molar-refractivity contribution in [2.24, 2.45) is 0 Å². The van der Waals surface area contributed by atoms with Crippen LogP contribution in [0.25, 0.3) is 0 Å². The molecule has 0 saturated heterocycles. The first-order chi connectivity index (χ1) is 7.70. The number of hydrogen-bond donors (Lipinski definition) is 1. The lowest BCUT2D eigenvalue weighted by Crippen LogP contribution is -2.26. The minimum atomic E-state index is 0.00937. The molecule has 0 bridgehead atoms. The minimum absolute atomic E-state index is 0.00937. The van der Waals surface area contributed by atoms with Gasteiger partial charge in [-0.2, -0.15) is 0 Å². The third-order valence-electron chi connectivity index (χ3n) is 1.87. The van der Waals surface area contributed by atoms with E-state index in [0.717, 1.165) is 0 Å². The maximum atomic E-state index is 11.2. The molecule has 4 nitrogen and oxygen atoms in total. The Morgan fingerprint density at radius 3 is 2.80 bits per heavy atom. The Balaban J connectivity index is 3.20. The van der Waals surface area contributed by atoms with E-state index in [9.17, 15) is 9.59 Å². The van der Waals surface area contributed by atoms with Crippen LogP contribution >= 0.6 is 0 Å². The molecule has 4 heteroatoms. The van der Waals surface area contributed by atoms with E-state index in [-0.39, 0.29) is 11.7 Å². The summed E-state index contributed by atoms with van der Waals surface area (Å²) < 4.78 is 12.1. The largest absolute Gasteiger partial charge is 0.379 e. The third-order valence-corrected chi connectivity index (χ3v) is 1.87. The zero-order chi connectivity index (χ0) is 12.2. The van der Waals surface area contributed by atoms with Crippen LogP contribution in [0.3, 0.4) is 0 Å². The van der Waals surface area contributed by atoms with Gasteiger partial charge in [-0.15, -0.1) is 0 Å². The molecule has 0 aliphatic rings. The maximum absolute atomic E-state index is 11.2. The molecule has 0 aromatic heterocycles. The first-order valence-corrected chi connectivity index (χ1v) is 5.36. The highest BCUT2D eigenvalue weighted by atomic mass is 16.5. The zero-order valence-electron chi connectivity index (χ0n) is 10.4. The van der Waals surface area contributed by atoms with Gasteiger partial charge < -0.3 is 10.1 Å². The summed E-state index contributed by atoms with van der Waals surface area (Å²) in [5, 5.41) is 2.68. The van der Waals surface area contributed by atoms with Crippen LogP contribution in [-0.2, 0) is 14.3 Å². The van der Waals surface area contributed by atoms with E-state index in [1.807, 2.05) is 0 Å². The van der Waals surface area contributed by atoms with Crippen molar-refractivity contribution < 1.29 is 15.7 Å². The monoisotopic (exact) mass is 216 g/mol. The lowest BCUT2D eigenvalue weighted by Gasteiger charge is -2.04. The second kappa shape index (κ2) is 9.65. The maximum Gasteiger partial charge on any atom is 0.219 e. The van der Waals surface area contributed by atoms with Crippen molar-refractivity contribution in [2.45, 2.75) is 39.5 Å². The average molecular weight is 216 g/mol. The highest BCUT2D eigenvalue weighted by Crippen LogP contribution is 1.94. The molecule has 0 spiro atoms. The Morgan fingerprint density at radius 1 is 1.33 bits per heavy atom. The van der Waals surface area contributed by atoms with Gasteiger partial charge >= 0.3 is 0 Å². The van der Waals surface area contributed by atoms with Crippen molar-refractivity contribution >= 4 is 11.7 Å². The summed E-state index contributed by atoms with van der Waals surface area (Å²) in [6.45, 7) is 3.43. The van der Waals surface area contributed by atoms with Gasteiger partial charge in [-0.1, -0.05) is 13.8 Å². The molecule has 0 aromatic rings. The van der Waals surface area contributed by atoms with Crippen molar-refractivity contribution in [3.05, 3.63) is 0 Å². The van der Waals surface area contributed by atoms with Gasteiger partial charge in [0.1, 0.15) is 5.78 Å². The first-order valence-electron chi connectivity index (χ1n) is 6.06. The molecule has 0 unspecified atom stereocenters. The van der Waals surface area contributed by atoms with Crippen molar-refractivity contribution in [1.82, 2.24) is 5.32 Å². The van der Waals surface area contributed by atoms with E-state index in [1.54, 1.807) is 6.92 Å². The summed E-state index contributed by atoms with van der Waals surface area (Å²) in [7, 11) is 0. The van der Waals surface area contributed by atoms with Crippen molar-refractivity contribution in [1.29, 1.82) is 0 Å². The molecule has 0 aliphatic heterocycles. The second-order valence-corrected chi connectivity index (χ2v) is 3.21. The molecule has 0 saturated carbocycles. The third kappa shape index (κ3) is 9.41. The van der Waals surface area contributed by atoms with Crippen LogP contribution in [0.1, 0.15) is 40.9 Å². The molecule has 88 valence electrons. The lowest BCUT2D eigenvalue weighted by molar-refractivity contribution is -0.122. The molecule has 0 fully saturated rings. The van der Waals surface area contributed by atoms with E-state index in [1.165, 1.54) is 0 Å². The summed E-state index contributed by atoms with van der Waals surface area (Å²) in [6.07, 6.45) is 1.98. The molecule has 0 aromatic carbocycles. The number of nitrogens with one attached hydrogen (secondary N) is 1. The fourth-order valence-electron chi connectivity index (χ4n) is 0.998. The molecular formula is C11H21NO3. The number of carbonyl (C=O) groups is 2. The quantitative estimate of drug-likeness (QED) is 0.591. The van der Waals surface area contributed by atoms with Gasteiger partial charge in [0.25, 0.3) is 0 Å². The molecule has 1 amide bonds. The number of carbonyl (C=O) groups excluding carboxylic acids is 2. The van der Waals surface area contributed by atoms with Crippen LogP contribution in [-0.4, -0.2) is 31.4 Å². The molecule has 15 heavy (non-hydrogen) atoms. The van der Waals surface area contributed by atoms with Crippen LogP contribution < -0.4 is 5.32 Å². The molecule has 0 rings (SSSR count). The Hall–Kier alpha value is -0.900. The van der Waals surface area contributed by atoms with Crippen molar-refractivity contribution in [2.75, 3.05) is 19.8 Å². The highest BCUT2D eigenvalue weighted by Gasteiger charge is 2.00. The number of amides is 1. The van der Waals surface area contributed by atoms with Crippen molar-refractivity contribution in [3.63, 3.8) is 0 Å². The topological polar surface area (TPSA) is 55.4 Å². The molecule has 0 atom stereocenters. The Bertz CT molecular complexity index is 209. The average Bonchev–Trinajstić information content (AvgIpc) is 2.30. The summed E-state index contributed by atoms with van der Waals surface area (Å²) in [6, 6.07) is 0. The van der Waals surface area contributed by atoms with Gasteiger partial charge in [-0.25, -0.2) is 0 Å². The first kappa shape index (κ1) is 12.2. The van der Waals surface area contributed by atoms with Gasteiger partial charge in [-0.05, 0) is 6.42 Å². The van der Waals surface area contributed by atoms with Crippen LogP contribution in [0.15, 0.2) is 0 Å². The smallest absolute Gasteiger partial charge is 0.219 e. The van der Waals surface area contributed by atoms with E-state index in [0.29, 0.717) is 52.3 Å². The van der Waals surface area contributed by atoms with Gasteiger partial charge in [0.2, 0.25) is 5.91 Å². The van der Waals surface area contributed by atoms with Gasteiger partial charge in [0, 0.05) is 27.2 Å². The van der Waals surface area contributed by atoms with E-state index >= 15 is 0 Å². The Labute approximate surface area is 92.8 Å². The number of ether oxygens (including phenoxy) is 1. The Kier molecular flexibility index (Phi) is 7.83. The zero-order valence-corrected chi connectivity index (χ0v) is 9.38. The molecule has 0 radical (unpaired) electrons. The normalized spacial score (nSPS) is 10.9. The van der Waals surface area contributed by atoms with Crippen LogP contribution in [0.2, 0.25) is 0 Å². The van der Waals surface area contributed by atoms with Gasteiger partial charge in [-0.3, -0.25) is 9.59 Å². The standard InChI is InChI=1S/C11H21NO3/c1-3-5-10(13)6-8-15-9-7-12-11(14)4-2/h3-9H2,1-2H3,(H,12,14)/i1D. The number of Topliss-reactive ketones (excluding diaryl/α,β-unsaturated/α-hetero) is 1. The van der Waals surface area contributed by atoms with Gasteiger partial charge in [0.15, 0.2) is 0 Å². The van der Waals surface area contributed by atoms with Gasteiger partial charge in [0.05, 0.1) is 13.2 Å². The minimum Gasteiger partial charge on any atom is -0.379 e. The predicted octanol–water partition coefficient (Wildman–Crippen LogP) is 1.29. The molecule has 0 heterocycles. The molecule has 0 aliphatic carbocycles. The number of hydrogen-bond acceptors (Lipinski definition) is 3. The summed E-state index contributed by atoms with van der Waals surface area (Å²) in [5.41, 5.74) is 0. The number of rotatable bonds is 9. The van der Waals surface area contributed by atoms with E-state index in [2.05, 4.69) is 5.32 Å². The SMILES string of the molecule is [2H]CCCC(=O)CCOCCNC(=O)CC. The van der Waals surface area contributed by atoms with Crippen LogP contribution in [0, 0.1) is 0 Å². The highest BCUT2D eigenvalue weighted by molar-refractivity contribution is 5.78. The fourth-order valence-corrected chi connectivity index (χ4v) is 0.998. The van der Waals surface area contributed by atoms with E-state index < -0.39 is 0 Å². The summed E-state index contributed by atoms with van der Waals surface area (Å²) in [4.78, 5) is 22.0. The molecule has 1 N–H and O–H groups in total. The second-order valence-electron chi connectivity index (χ2n) is 3.21. The predicted molar refractivity (Wildman–Crippen MR) is 58.7 cm³/mol. The van der Waals surface area contributed by atoms with Crippen LogP contribution in [0.4, 0.5) is 0 Å². The van der Waals surface area contributed by atoms with Crippen LogP contribution in [0.5, 0.6) is 0 Å². The molecular weight excluding hydrogens is 194 g/mol. The summed E-state index contributed by atoms with van der Waals surface area (Å²) in [5.74, 6) is 0.153. The Morgan fingerprint density at radius 2 is 2.13 bits per heavy atom. The lowest BCUT2D eigenvalue weighted by atomic mass is 10.2. The number of ketones is 1. The van der Waals surface area contributed by atoms with Crippen molar-refractivity contribution in [3.8, 4) is 0 Å². The fraction of sp³-hybridized carbons (Fsp3) is 0.818. The summed E-state index contributed by atoms with van der Waals surface area (Å²) >= 11 is 0. The van der Waals surface area contributed by atoms with E-state index in [4.69, 9.17) is 6.11 Å².